The molecule has 0 unspecified atom stereocenters. The topological polar surface area (TPSA) is 211 Å². The monoisotopic (exact) mass is 690 g/mol. The molecule has 3 heterocycles. The van der Waals surface area contributed by atoms with Crippen LogP contribution >= 0.6 is 11.6 Å². The molecule has 4 aromatic rings. The Labute approximate surface area is 288 Å². The third-order valence-corrected chi connectivity index (χ3v) is 8.60. The summed E-state index contributed by atoms with van der Waals surface area (Å²) in [5.74, 6) is 0.672. The van der Waals surface area contributed by atoms with Crippen LogP contribution in [0.1, 0.15) is 46.7 Å². The number of piperidine rings is 1. The molecule has 0 aliphatic carbocycles. The van der Waals surface area contributed by atoms with Crippen molar-refractivity contribution in [1.29, 1.82) is 0 Å². The fourth-order valence-electron chi connectivity index (χ4n) is 5.57. The number of hydrogen-bond donors (Lipinski definition) is 6. The fraction of sp³-hybridized carbons (Fsp3) is 0.324. The van der Waals surface area contributed by atoms with Crippen molar-refractivity contribution in [1.82, 2.24) is 25.5 Å². The molecule has 2 aliphatic heterocycles. The van der Waals surface area contributed by atoms with Crippen LogP contribution in [-0.4, -0.2) is 87.3 Å². The predicted molar refractivity (Wildman–Crippen MR) is 187 cm³/mol. The number of nitrogen functional groups attached to an aromatic ring is 2. The number of carbonyl (C=O) groups is 2. The third kappa shape index (κ3) is 8.11. The molecular weight excluding hydrogens is 652 g/mol. The lowest BCUT2D eigenvalue weighted by atomic mass is 9.88. The molecule has 1 aromatic heterocycles. The molecule has 1 atom stereocenters. The molecule has 2 aliphatic rings. The van der Waals surface area contributed by atoms with Gasteiger partial charge in [-0.05, 0) is 71.6 Å². The number of aliphatic imine (C=N–C) groups is 1. The number of benzene rings is 3. The number of aliphatic hydroxyl groups is 2. The molecule has 1 fully saturated rings. The number of hydrogen-bond acceptors (Lipinski definition) is 12. The van der Waals surface area contributed by atoms with Crippen LogP contribution < -0.4 is 31.6 Å². The average Bonchev–Trinajstić information content (AvgIpc) is 3.48. The van der Waals surface area contributed by atoms with Crippen LogP contribution in [0, 0.1) is 0 Å². The number of amides is 2. The Hall–Kier alpha value is -5.18. The van der Waals surface area contributed by atoms with Crippen LogP contribution in [0.4, 0.5) is 11.6 Å². The van der Waals surface area contributed by atoms with Gasteiger partial charge in [-0.15, -0.1) is 0 Å². The summed E-state index contributed by atoms with van der Waals surface area (Å²) in [5.41, 5.74) is 12.4. The molecule has 8 N–H and O–H groups in total. The van der Waals surface area contributed by atoms with E-state index in [1.54, 1.807) is 24.3 Å². The molecule has 2 amide bonds. The Morgan fingerprint density at radius 2 is 1.67 bits per heavy atom. The number of ether oxygens (including phenoxy) is 2. The van der Waals surface area contributed by atoms with Gasteiger partial charge in [0.05, 0.1) is 18.7 Å². The van der Waals surface area contributed by atoms with Crippen LogP contribution in [0.3, 0.4) is 0 Å². The lowest BCUT2D eigenvalue weighted by Gasteiger charge is -2.39. The highest BCUT2D eigenvalue weighted by atomic mass is 35.5. The van der Waals surface area contributed by atoms with Crippen molar-refractivity contribution in [3.63, 3.8) is 0 Å². The standard InChI is InChI=1S/C33H35ClN8O6.CH4/c34-27-29(36)39-28(35)26(38-27)30(45)40-32-37-18-33(41-32)9-11-42(12-10-33)31(46)20-3-6-24(7-4-20)47-16-19-1-2-22-14-25(8-5-21(22)13-19)48-17-23(44)15-43;/h1-8,13-14,23,43-44H,9-12,15-18H2,(H4,35,36,39)(H2,37,40,41,45);1H4/t23-;/m0./s1. The van der Waals surface area contributed by atoms with Crippen molar-refractivity contribution in [2.75, 3.05) is 44.3 Å². The zero-order chi connectivity index (χ0) is 33.8. The van der Waals surface area contributed by atoms with Gasteiger partial charge in [0.1, 0.15) is 30.8 Å². The van der Waals surface area contributed by atoms with Crippen molar-refractivity contribution in [2.24, 2.45) is 4.99 Å². The number of likely N-dealkylation sites (tertiary alicyclic amines) is 1. The van der Waals surface area contributed by atoms with Gasteiger partial charge in [0.25, 0.3) is 11.8 Å². The molecule has 6 rings (SSSR count). The van der Waals surface area contributed by atoms with Crippen LogP contribution in [0.2, 0.25) is 5.15 Å². The van der Waals surface area contributed by atoms with E-state index >= 15 is 0 Å². The summed E-state index contributed by atoms with van der Waals surface area (Å²) in [6.07, 6.45) is 0.366. The average molecular weight is 691 g/mol. The number of halogens is 1. The first-order valence-electron chi connectivity index (χ1n) is 15.3. The number of aliphatic hydroxyl groups excluding tert-OH is 2. The zero-order valence-corrected chi connectivity index (χ0v) is 26.6. The zero-order valence-electron chi connectivity index (χ0n) is 25.9. The minimum absolute atomic E-state index is 0. The molecular formula is C34H39ClN8O6. The van der Waals surface area contributed by atoms with Gasteiger partial charge in [0.15, 0.2) is 28.4 Å². The number of guanidine groups is 1. The molecule has 0 saturated carbocycles. The van der Waals surface area contributed by atoms with Crippen molar-refractivity contribution in [3.8, 4) is 11.5 Å². The minimum Gasteiger partial charge on any atom is -0.491 e. The van der Waals surface area contributed by atoms with Gasteiger partial charge in [-0.25, -0.2) is 9.97 Å². The Morgan fingerprint density at radius 3 is 2.41 bits per heavy atom. The first kappa shape index (κ1) is 35.1. The molecule has 258 valence electrons. The number of aromatic nitrogens is 2. The quantitative estimate of drug-likeness (QED) is 0.150. The second-order valence-corrected chi connectivity index (χ2v) is 12.1. The van der Waals surface area contributed by atoms with E-state index < -0.39 is 12.0 Å². The second-order valence-electron chi connectivity index (χ2n) is 11.8. The summed E-state index contributed by atoms with van der Waals surface area (Å²) in [6.45, 7) is 1.51. The molecule has 0 bridgehead atoms. The lowest BCUT2D eigenvalue weighted by molar-refractivity contribution is 0.0536. The Balaban J connectivity index is 0.00000468. The Morgan fingerprint density at radius 1 is 0.980 bits per heavy atom. The number of nitrogens with one attached hydrogen (secondary N) is 2. The summed E-state index contributed by atoms with van der Waals surface area (Å²) in [7, 11) is 0. The van der Waals surface area contributed by atoms with Gasteiger partial charge in [0.2, 0.25) is 0 Å². The number of rotatable bonds is 9. The summed E-state index contributed by atoms with van der Waals surface area (Å²) >= 11 is 5.90. The van der Waals surface area contributed by atoms with Crippen LogP contribution in [-0.2, 0) is 6.61 Å². The fourth-order valence-corrected chi connectivity index (χ4v) is 5.70. The van der Waals surface area contributed by atoms with Gasteiger partial charge in [-0.2, -0.15) is 0 Å². The molecule has 49 heavy (non-hydrogen) atoms. The van der Waals surface area contributed by atoms with E-state index in [0.29, 0.717) is 62.1 Å². The molecule has 3 aromatic carbocycles. The van der Waals surface area contributed by atoms with E-state index in [1.165, 1.54) is 0 Å². The van der Waals surface area contributed by atoms with Crippen LogP contribution in [0.25, 0.3) is 10.8 Å². The van der Waals surface area contributed by atoms with E-state index in [1.807, 2.05) is 41.3 Å². The smallest absolute Gasteiger partial charge is 0.280 e. The van der Waals surface area contributed by atoms with E-state index in [2.05, 4.69) is 25.6 Å². The predicted octanol–water partition coefficient (Wildman–Crippen LogP) is 2.76. The first-order chi connectivity index (χ1) is 23.1. The highest BCUT2D eigenvalue weighted by Gasteiger charge is 2.40. The first-order valence-corrected chi connectivity index (χ1v) is 15.7. The Bertz CT molecular complexity index is 1860. The van der Waals surface area contributed by atoms with E-state index in [0.717, 1.165) is 16.3 Å². The van der Waals surface area contributed by atoms with Gasteiger partial charge in [-0.3, -0.25) is 19.9 Å². The summed E-state index contributed by atoms with van der Waals surface area (Å²) in [4.78, 5) is 40.0. The van der Waals surface area contributed by atoms with Crippen molar-refractivity contribution < 1.29 is 29.3 Å². The molecule has 14 nitrogen and oxygen atoms in total. The van der Waals surface area contributed by atoms with E-state index in [9.17, 15) is 14.7 Å². The maximum Gasteiger partial charge on any atom is 0.280 e. The molecule has 0 radical (unpaired) electrons. The van der Waals surface area contributed by atoms with Crippen molar-refractivity contribution in [3.05, 3.63) is 82.6 Å². The number of carbonyl (C=O) groups excluding carboxylic acids is 2. The van der Waals surface area contributed by atoms with Gasteiger partial charge in [0, 0.05) is 18.7 Å². The normalized spacial score (nSPS) is 15.6. The maximum absolute atomic E-state index is 13.3. The summed E-state index contributed by atoms with van der Waals surface area (Å²) in [6, 6.07) is 18.7. The van der Waals surface area contributed by atoms with Gasteiger partial charge in [-0.1, -0.05) is 37.2 Å². The number of nitrogens with two attached hydrogens (primary N) is 2. The number of fused-ring (bicyclic) bond motifs is 1. The number of anilines is 2. The van der Waals surface area contributed by atoms with E-state index in [4.69, 9.17) is 37.6 Å². The Kier molecular flexibility index (Phi) is 10.7. The van der Waals surface area contributed by atoms with E-state index in [-0.39, 0.29) is 54.6 Å². The van der Waals surface area contributed by atoms with Gasteiger partial charge >= 0.3 is 0 Å². The SMILES string of the molecule is C.Nc1nc(N)c(C(=O)NC2=NCC3(CCN(C(=O)c4ccc(OCc5ccc6cc(OC[C@@H](O)CO)ccc6c5)cc4)CC3)N2)nc1Cl. The number of nitrogens with zero attached hydrogens (tertiary/aromatic N) is 4. The molecule has 15 heteroatoms. The van der Waals surface area contributed by atoms with Crippen LogP contribution in [0.5, 0.6) is 11.5 Å². The molecule has 1 saturated heterocycles. The summed E-state index contributed by atoms with van der Waals surface area (Å²) in [5, 5.41) is 26.3. The van der Waals surface area contributed by atoms with Crippen molar-refractivity contribution in [2.45, 2.75) is 38.5 Å². The largest absolute Gasteiger partial charge is 0.491 e. The van der Waals surface area contributed by atoms with Crippen LogP contribution in [0.15, 0.2) is 65.7 Å². The van der Waals surface area contributed by atoms with Gasteiger partial charge < -0.3 is 41.4 Å². The second kappa shape index (κ2) is 14.9. The third-order valence-electron chi connectivity index (χ3n) is 8.32. The lowest BCUT2D eigenvalue weighted by Crippen LogP contribution is -2.57. The van der Waals surface area contributed by atoms with Crippen molar-refractivity contribution >= 4 is 51.8 Å². The maximum atomic E-state index is 13.3. The molecule has 1 spiro atoms. The highest BCUT2D eigenvalue weighted by molar-refractivity contribution is 6.31. The summed E-state index contributed by atoms with van der Waals surface area (Å²) < 4.78 is 11.5. The minimum atomic E-state index is -0.922. The highest BCUT2D eigenvalue weighted by Crippen LogP contribution is 2.28.